The maximum Gasteiger partial charge on any atom is 0.173 e. The van der Waals surface area contributed by atoms with E-state index in [2.05, 4.69) is 21.2 Å². The van der Waals surface area contributed by atoms with E-state index >= 15 is 0 Å². The van der Waals surface area contributed by atoms with Crippen molar-refractivity contribution >= 4 is 23.0 Å². The van der Waals surface area contributed by atoms with Crippen LogP contribution in [-0.4, -0.2) is 67.5 Å². The topological polar surface area (TPSA) is 46.2 Å². The summed E-state index contributed by atoms with van der Waals surface area (Å²) in [6.07, 6.45) is 1.03. The van der Waals surface area contributed by atoms with E-state index in [0.29, 0.717) is 24.9 Å². The highest BCUT2D eigenvalue weighted by Gasteiger charge is 2.15. The second kappa shape index (κ2) is 13.3. The van der Waals surface area contributed by atoms with Crippen molar-refractivity contribution in [2.24, 2.45) is 0 Å². The van der Waals surface area contributed by atoms with Crippen LogP contribution in [0, 0.1) is 0 Å². The standard InChI is InChI=1S/C25H35N3O3S/c1-3-30-23-12-10-22(11-13-23)26-25(32)28(15-7-14-27-16-18-29-19-17-27)20-21-8-5-6-9-24(21)31-4-2/h5-6,8-13H,3-4,7,14-20H2,1-2H3,(H,26,32). The van der Waals surface area contributed by atoms with E-state index in [9.17, 15) is 0 Å². The molecule has 7 heteroatoms. The molecule has 2 aromatic rings. The fourth-order valence-electron chi connectivity index (χ4n) is 3.70. The predicted molar refractivity (Wildman–Crippen MR) is 134 cm³/mol. The molecule has 0 bridgehead atoms. The summed E-state index contributed by atoms with van der Waals surface area (Å²) < 4.78 is 16.9. The molecule has 0 aromatic heterocycles. The van der Waals surface area contributed by atoms with Gasteiger partial charge in [0.25, 0.3) is 0 Å². The van der Waals surface area contributed by atoms with Gasteiger partial charge in [0.1, 0.15) is 11.5 Å². The Hall–Kier alpha value is -2.35. The van der Waals surface area contributed by atoms with Crippen molar-refractivity contribution in [1.82, 2.24) is 9.80 Å². The molecule has 1 aliphatic heterocycles. The van der Waals surface area contributed by atoms with Crippen molar-refractivity contribution in [1.29, 1.82) is 0 Å². The Morgan fingerprint density at radius 1 is 1.03 bits per heavy atom. The molecule has 0 atom stereocenters. The monoisotopic (exact) mass is 457 g/mol. The molecule has 32 heavy (non-hydrogen) atoms. The first-order chi connectivity index (χ1) is 15.7. The molecule has 0 radical (unpaired) electrons. The predicted octanol–water partition coefficient (Wildman–Crippen LogP) is 4.41. The van der Waals surface area contributed by atoms with Gasteiger partial charge >= 0.3 is 0 Å². The van der Waals surface area contributed by atoms with E-state index in [0.717, 1.165) is 68.6 Å². The van der Waals surface area contributed by atoms with Crippen molar-refractivity contribution in [3.8, 4) is 11.5 Å². The highest BCUT2D eigenvalue weighted by molar-refractivity contribution is 7.80. The van der Waals surface area contributed by atoms with Gasteiger partial charge in [-0.3, -0.25) is 4.90 Å². The summed E-state index contributed by atoms with van der Waals surface area (Å²) in [6.45, 7) is 11.5. The van der Waals surface area contributed by atoms with E-state index in [1.807, 2.05) is 56.3 Å². The minimum absolute atomic E-state index is 0.642. The molecule has 0 amide bonds. The summed E-state index contributed by atoms with van der Waals surface area (Å²) in [6, 6.07) is 16.1. The number of hydrogen-bond donors (Lipinski definition) is 1. The van der Waals surface area contributed by atoms with Crippen molar-refractivity contribution in [2.75, 3.05) is 57.9 Å². The van der Waals surface area contributed by atoms with Crippen LogP contribution in [0.3, 0.4) is 0 Å². The van der Waals surface area contributed by atoms with Gasteiger partial charge in [-0.05, 0) is 62.8 Å². The van der Waals surface area contributed by atoms with Gasteiger partial charge in [-0.2, -0.15) is 0 Å². The number of nitrogens with zero attached hydrogens (tertiary/aromatic N) is 2. The Bertz CT molecular complexity index is 825. The van der Waals surface area contributed by atoms with Crippen LogP contribution in [-0.2, 0) is 11.3 Å². The van der Waals surface area contributed by atoms with Crippen LogP contribution < -0.4 is 14.8 Å². The summed E-state index contributed by atoms with van der Waals surface area (Å²) in [5, 5.41) is 4.11. The molecular weight excluding hydrogens is 422 g/mol. The molecule has 174 valence electrons. The van der Waals surface area contributed by atoms with Crippen LogP contribution in [0.25, 0.3) is 0 Å². The molecule has 1 aliphatic rings. The van der Waals surface area contributed by atoms with Crippen LogP contribution in [0.2, 0.25) is 0 Å². The van der Waals surface area contributed by atoms with E-state index in [1.165, 1.54) is 0 Å². The minimum atomic E-state index is 0.642. The number of morpholine rings is 1. The summed E-state index contributed by atoms with van der Waals surface area (Å²) in [4.78, 5) is 4.68. The second-order valence-corrected chi connectivity index (χ2v) is 8.04. The number of thiocarbonyl (C=S) groups is 1. The van der Waals surface area contributed by atoms with Crippen LogP contribution in [0.15, 0.2) is 48.5 Å². The number of benzene rings is 2. The Balaban J connectivity index is 1.66. The zero-order valence-electron chi connectivity index (χ0n) is 19.2. The summed E-state index contributed by atoms with van der Waals surface area (Å²) in [5.41, 5.74) is 2.09. The lowest BCUT2D eigenvalue weighted by Gasteiger charge is -2.30. The molecule has 2 aromatic carbocycles. The molecule has 1 N–H and O–H groups in total. The summed E-state index contributed by atoms with van der Waals surface area (Å²) >= 11 is 5.83. The molecule has 1 fully saturated rings. The fraction of sp³-hybridized carbons (Fsp3) is 0.480. The Morgan fingerprint density at radius 3 is 2.47 bits per heavy atom. The first-order valence-electron chi connectivity index (χ1n) is 11.5. The molecular formula is C25H35N3O3S. The van der Waals surface area contributed by atoms with Crippen LogP contribution in [0.1, 0.15) is 25.8 Å². The van der Waals surface area contributed by atoms with Gasteiger partial charge in [0.2, 0.25) is 0 Å². The molecule has 0 saturated carbocycles. The second-order valence-electron chi connectivity index (χ2n) is 7.66. The molecule has 1 saturated heterocycles. The number of hydrogen-bond acceptors (Lipinski definition) is 5. The average Bonchev–Trinajstić information content (AvgIpc) is 2.82. The molecule has 1 heterocycles. The lowest BCUT2D eigenvalue weighted by Crippen LogP contribution is -2.40. The van der Waals surface area contributed by atoms with E-state index < -0.39 is 0 Å². The quantitative estimate of drug-likeness (QED) is 0.502. The van der Waals surface area contributed by atoms with Crippen molar-refractivity contribution in [3.63, 3.8) is 0 Å². The number of rotatable bonds is 11. The van der Waals surface area contributed by atoms with E-state index in [-0.39, 0.29) is 0 Å². The van der Waals surface area contributed by atoms with Gasteiger partial charge in [0.05, 0.1) is 26.4 Å². The molecule has 0 spiro atoms. The summed E-state index contributed by atoms with van der Waals surface area (Å²) in [5.74, 6) is 1.77. The SMILES string of the molecule is CCOc1ccc(NC(=S)N(CCCN2CCOCC2)Cc2ccccc2OCC)cc1. The van der Waals surface area contributed by atoms with Crippen LogP contribution >= 0.6 is 12.2 Å². The highest BCUT2D eigenvalue weighted by Crippen LogP contribution is 2.21. The molecule has 0 aliphatic carbocycles. The van der Waals surface area contributed by atoms with Crippen molar-refractivity contribution in [2.45, 2.75) is 26.8 Å². The maximum atomic E-state index is 5.85. The molecule has 6 nitrogen and oxygen atoms in total. The molecule has 0 unspecified atom stereocenters. The van der Waals surface area contributed by atoms with Crippen molar-refractivity contribution in [3.05, 3.63) is 54.1 Å². The number of nitrogens with one attached hydrogen (secondary N) is 1. The van der Waals surface area contributed by atoms with Crippen molar-refractivity contribution < 1.29 is 14.2 Å². The van der Waals surface area contributed by atoms with E-state index in [4.69, 9.17) is 26.4 Å². The third-order valence-corrected chi connectivity index (χ3v) is 5.70. The van der Waals surface area contributed by atoms with Crippen LogP contribution in [0.4, 0.5) is 5.69 Å². The number of ether oxygens (including phenoxy) is 3. The lowest BCUT2D eigenvalue weighted by molar-refractivity contribution is 0.0367. The van der Waals surface area contributed by atoms with Gasteiger partial charge in [-0.25, -0.2) is 0 Å². The Labute approximate surface area is 197 Å². The zero-order valence-corrected chi connectivity index (χ0v) is 20.0. The minimum Gasteiger partial charge on any atom is -0.494 e. The van der Waals surface area contributed by atoms with Crippen LogP contribution in [0.5, 0.6) is 11.5 Å². The molecule has 3 rings (SSSR count). The Morgan fingerprint density at radius 2 is 1.75 bits per heavy atom. The van der Waals surface area contributed by atoms with Gasteiger partial charge in [0.15, 0.2) is 5.11 Å². The normalized spacial score (nSPS) is 14.1. The van der Waals surface area contributed by atoms with Gasteiger partial charge in [-0.15, -0.1) is 0 Å². The first-order valence-corrected chi connectivity index (χ1v) is 11.9. The lowest BCUT2D eigenvalue weighted by atomic mass is 10.2. The third-order valence-electron chi connectivity index (χ3n) is 5.34. The fourth-order valence-corrected chi connectivity index (χ4v) is 3.98. The zero-order chi connectivity index (χ0) is 22.6. The smallest absolute Gasteiger partial charge is 0.173 e. The first kappa shape index (κ1) is 24.3. The maximum absolute atomic E-state index is 5.85. The van der Waals surface area contributed by atoms with Gasteiger partial charge in [0, 0.05) is 44.0 Å². The van der Waals surface area contributed by atoms with Gasteiger partial charge in [-0.1, -0.05) is 18.2 Å². The summed E-state index contributed by atoms with van der Waals surface area (Å²) in [7, 11) is 0. The average molecular weight is 458 g/mol. The third kappa shape index (κ3) is 7.65. The number of para-hydroxylation sites is 1. The Kier molecular flexibility index (Phi) is 10.1. The van der Waals surface area contributed by atoms with Gasteiger partial charge < -0.3 is 24.4 Å². The van der Waals surface area contributed by atoms with E-state index in [1.54, 1.807) is 0 Å². The number of anilines is 1. The largest absolute Gasteiger partial charge is 0.494 e. The highest BCUT2D eigenvalue weighted by atomic mass is 32.1.